The van der Waals surface area contributed by atoms with E-state index in [2.05, 4.69) is 73.6 Å². The summed E-state index contributed by atoms with van der Waals surface area (Å²) in [5.41, 5.74) is 2.92. The van der Waals surface area contributed by atoms with Gasteiger partial charge in [-0.1, -0.05) is 32.9 Å². The quantitative estimate of drug-likeness (QED) is 0.835. The number of carbonyl (C=O) groups excluding carboxylic acids is 1. The lowest BCUT2D eigenvalue weighted by atomic mass is 10.1. The molecule has 1 amide bonds. The number of aryl methyl sites for hydroxylation is 1. The first-order valence-electron chi connectivity index (χ1n) is 10.1. The van der Waals surface area contributed by atoms with Crippen LogP contribution in [0.3, 0.4) is 0 Å². The molecular formula is C23H32N4O. The molecular weight excluding hydrogens is 348 g/mol. The molecule has 1 N–H and O–H groups in total. The van der Waals surface area contributed by atoms with E-state index in [-0.39, 0.29) is 11.4 Å². The number of hydrogen-bond donors (Lipinski definition) is 1. The Morgan fingerprint density at radius 3 is 2.43 bits per heavy atom. The van der Waals surface area contributed by atoms with Gasteiger partial charge >= 0.3 is 0 Å². The van der Waals surface area contributed by atoms with Gasteiger partial charge in [-0.3, -0.25) is 4.79 Å². The summed E-state index contributed by atoms with van der Waals surface area (Å²) in [4.78, 5) is 19.7. The van der Waals surface area contributed by atoms with Gasteiger partial charge in [0.05, 0.1) is 0 Å². The molecule has 1 atom stereocenters. The lowest BCUT2D eigenvalue weighted by Crippen LogP contribution is -2.51. The summed E-state index contributed by atoms with van der Waals surface area (Å²) < 4.78 is 2.27. The van der Waals surface area contributed by atoms with Crippen LogP contribution in [0, 0.1) is 5.92 Å². The van der Waals surface area contributed by atoms with Crippen LogP contribution in [0.25, 0.3) is 0 Å². The van der Waals surface area contributed by atoms with Crippen molar-refractivity contribution >= 4 is 17.9 Å². The van der Waals surface area contributed by atoms with Crippen LogP contribution >= 0.6 is 0 Å². The number of fused-ring (bicyclic) bond motifs is 1. The van der Waals surface area contributed by atoms with Gasteiger partial charge in [0.15, 0.2) is 6.29 Å². The normalized spacial score (nSPS) is 16.4. The van der Waals surface area contributed by atoms with Crippen LogP contribution in [-0.4, -0.2) is 29.5 Å². The molecule has 1 aliphatic rings. The molecule has 150 valence electrons. The first kappa shape index (κ1) is 20.2. The maximum atomic E-state index is 12.9. The van der Waals surface area contributed by atoms with Crippen LogP contribution < -0.4 is 10.2 Å². The average Bonchev–Trinajstić information content (AvgIpc) is 3.08. The van der Waals surface area contributed by atoms with Crippen molar-refractivity contribution in [2.75, 3.05) is 11.4 Å². The number of anilines is 1. The van der Waals surface area contributed by atoms with Crippen LogP contribution in [0.1, 0.15) is 63.0 Å². The van der Waals surface area contributed by atoms with Crippen molar-refractivity contribution in [1.82, 2.24) is 9.88 Å². The molecule has 1 unspecified atom stereocenters. The van der Waals surface area contributed by atoms with E-state index in [0.29, 0.717) is 11.5 Å². The predicted molar refractivity (Wildman–Crippen MR) is 116 cm³/mol. The Kier molecular flexibility index (Phi) is 5.64. The van der Waals surface area contributed by atoms with E-state index in [1.165, 1.54) is 5.56 Å². The monoisotopic (exact) mass is 380 g/mol. The van der Waals surface area contributed by atoms with E-state index in [9.17, 15) is 4.79 Å². The molecule has 1 aliphatic heterocycles. The minimum Gasteiger partial charge on any atom is -0.329 e. The Morgan fingerprint density at radius 1 is 1.18 bits per heavy atom. The maximum Gasteiger partial charge on any atom is 0.254 e. The standard InChI is InChI=1S/C23H32N4O/c1-7-17-8-10-18(11-9-17)20(28)25-22-24-14-19-12-13-27(23(4,5)6)21(19)26(22)15-16(2)3/h8-14,16,22H,7,15H2,1-6H3,(H,25,28). The number of nitrogens with one attached hydrogen (secondary N) is 1. The van der Waals surface area contributed by atoms with Crippen LogP contribution in [0.15, 0.2) is 41.5 Å². The molecule has 0 aliphatic carbocycles. The van der Waals surface area contributed by atoms with Gasteiger partial charge in [0.25, 0.3) is 5.91 Å². The highest BCUT2D eigenvalue weighted by Gasteiger charge is 2.31. The van der Waals surface area contributed by atoms with Gasteiger partial charge in [-0.05, 0) is 56.9 Å². The van der Waals surface area contributed by atoms with Crippen molar-refractivity contribution in [3.63, 3.8) is 0 Å². The molecule has 1 aromatic heterocycles. The highest BCUT2D eigenvalue weighted by Crippen LogP contribution is 2.32. The Labute approximate surface area is 168 Å². The van der Waals surface area contributed by atoms with E-state index in [0.717, 1.165) is 24.3 Å². The van der Waals surface area contributed by atoms with Gasteiger partial charge in [0, 0.05) is 35.6 Å². The Hall–Kier alpha value is -2.56. The fraction of sp³-hybridized carbons (Fsp3) is 0.478. The van der Waals surface area contributed by atoms with Crippen molar-refractivity contribution in [2.24, 2.45) is 10.9 Å². The molecule has 0 fully saturated rings. The van der Waals surface area contributed by atoms with Gasteiger partial charge < -0.3 is 14.8 Å². The van der Waals surface area contributed by atoms with Crippen LogP contribution in [0.4, 0.5) is 5.82 Å². The summed E-state index contributed by atoms with van der Waals surface area (Å²) in [7, 11) is 0. The Bertz CT molecular complexity index is 856. The van der Waals surface area contributed by atoms with Crippen molar-refractivity contribution < 1.29 is 4.79 Å². The minimum atomic E-state index is -0.413. The zero-order valence-corrected chi connectivity index (χ0v) is 17.9. The summed E-state index contributed by atoms with van der Waals surface area (Å²) in [6, 6.07) is 9.88. The number of nitrogens with zero attached hydrogens (tertiary/aromatic N) is 3. The number of aliphatic imine (C=N–C) groups is 1. The van der Waals surface area contributed by atoms with E-state index >= 15 is 0 Å². The second kappa shape index (κ2) is 7.82. The van der Waals surface area contributed by atoms with Crippen molar-refractivity contribution in [2.45, 2.75) is 59.8 Å². The molecule has 2 aromatic rings. The van der Waals surface area contributed by atoms with Gasteiger partial charge in [0.2, 0.25) is 0 Å². The molecule has 0 saturated heterocycles. The molecule has 0 radical (unpaired) electrons. The average molecular weight is 381 g/mol. The lowest BCUT2D eigenvalue weighted by molar-refractivity contribution is 0.0936. The first-order valence-corrected chi connectivity index (χ1v) is 10.1. The van der Waals surface area contributed by atoms with Crippen LogP contribution in [-0.2, 0) is 12.0 Å². The third kappa shape index (κ3) is 4.13. The molecule has 3 rings (SSSR count). The lowest BCUT2D eigenvalue weighted by Gasteiger charge is -2.38. The Morgan fingerprint density at radius 2 is 1.86 bits per heavy atom. The molecule has 0 bridgehead atoms. The van der Waals surface area contributed by atoms with Crippen molar-refractivity contribution in [1.29, 1.82) is 0 Å². The third-order valence-corrected chi connectivity index (χ3v) is 4.98. The van der Waals surface area contributed by atoms with Gasteiger partial charge in [0.1, 0.15) is 5.82 Å². The van der Waals surface area contributed by atoms with E-state index in [4.69, 9.17) is 0 Å². The summed E-state index contributed by atoms with van der Waals surface area (Å²) in [5.74, 6) is 1.45. The van der Waals surface area contributed by atoms with Crippen molar-refractivity contribution in [3.8, 4) is 0 Å². The highest BCUT2D eigenvalue weighted by molar-refractivity contribution is 5.95. The van der Waals surface area contributed by atoms with Crippen molar-refractivity contribution in [3.05, 3.63) is 53.2 Å². The first-order chi connectivity index (χ1) is 13.2. The largest absolute Gasteiger partial charge is 0.329 e. The number of amides is 1. The van der Waals surface area contributed by atoms with Gasteiger partial charge in [-0.25, -0.2) is 4.99 Å². The fourth-order valence-corrected chi connectivity index (χ4v) is 3.52. The van der Waals surface area contributed by atoms with E-state index < -0.39 is 6.29 Å². The molecule has 28 heavy (non-hydrogen) atoms. The van der Waals surface area contributed by atoms with E-state index in [1.54, 1.807) is 0 Å². The summed E-state index contributed by atoms with van der Waals surface area (Å²) in [6.07, 6.45) is 4.53. The number of aromatic nitrogens is 1. The summed E-state index contributed by atoms with van der Waals surface area (Å²) in [5, 5.41) is 3.11. The zero-order chi connectivity index (χ0) is 20.5. The predicted octanol–water partition coefficient (Wildman–Crippen LogP) is 4.41. The Balaban J connectivity index is 1.90. The second-order valence-electron chi connectivity index (χ2n) is 8.86. The fourth-order valence-electron chi connectivity index (χ4n) is 3.52. The summed E-state index contributed by atoms with van der Waals surface area (Å²) >= 11 is 0. The summed E-state index contributed by atoms with van der Waals surface area (Å²) in [6.45, 7) is 13.9. The highest BCUT2D eigenvalue weighted by atomic mass is 16.2. The molecule has 0 spiro atoms. The minimum absolute atomic E-state index is 0.0570. The molecule has 0 saturated carbocycles. The van der Waals surface area contributed by atoms with Gasteiger partial charge in [-0.15, -0.1) is 0 Å². The van der Waals surface area contributed by atoms with E-state index in [1.807, 2.05) is 30.5 Å². The molecule has 5 nitrogen and oxygen atoms in total. The smallest absolute Gasteiger partial charge is 0.254 e. The third-order valence-electron chi connectivity index (χ3n) is 4.98. The van der Waals surface area contributed by atoms with Gasteiger partial charge in [-0.2, -0.15) is 0 Å². The zero-order valence-electron chi connectivity index (χ0n) is 17.9. The maximum absolute atomic E-state index is 12.9. The molecule has 5 heteroatoms. The molecule has 1 aromatic carbocycles. The number of rotatable bonds is 5. The number of carbonyl (C=O) groups is 1. The topological polar surface area (TPSA) is 49.6 Å². The number of benzene rings is 1. The SMILES string of the molecule is CCc1ccc(C(=O)NC2N=Cc3ccn(C(C)(C)C)c3N2CC(C)C)cc1. The van der Waals surface area contributed by atoms with Crippen LogP contribution in [0.5, 0.6) is 0 Å². The second-order valence-corrected chi connectivity index (χ2v) is 8.86. The number of hydrogen-bond acceptors (Lipinski definition) is 3. The molecule has 2 heterocycles. The van der Waals surface area contributed by atoms with Crippen LogP contribution in [0.2, 0.25) is 0 Å².